The Morgan fingerprint density at radius 2 is 1.90 bits per heavy atom. The Hall–Kier alpha value is -1.13. The van der Waals surface area contributed by atoms with Crippen molar-refractivity contribution < 1.29 is 13.2 Å². The van der Waals surface area contributed by atoms with Crippen molar-refractivity contribution in [2.45, 2.75) is 44.9 Å². The van der Waals surface area contributed by atoms with Gasteiger partial charge in [-0.05, 0) is 31.6 Å². The number of rotatable bonds is 7. The summed E-state index contributed by atoms with van der Waals surface area (Å²) >= 11 is 0. The number of nitrogens with one attached hydrogen (secondary N) is 2. The molecule has 2 fully saturated rings. The fraction of sp³-hybridized carbons (Fsp3) is 0.857. The number of carbonyl (C=O) groups excluding carboxylic acids is 1. The van der Waals surface area contributed by atoms with Gasteiger partial charge in [-0.1, -0.05) is 19.3 Å². The average Bonchev–Trinajstić information content (AvgIpc) is 2.86. The second-order valence-corrected chi connectivity index (χ2v) is 8.05. The van der Waals surface area contributed by atoms with E-state index in [0.717, 1.165) is 25.7 Å². The third-order valence-corrected chi connectivity index (χ3v) is 5.93. The first kappa shape index (κ1) is 16.2. The molecule has 0 radical (unpaired) electrons. The summed E-state index contributed by atoms with van der Waals surface area (Å²) in [5.41, 5.74) is -0.941. The minimum Gasteiger partial charge on any atom is -0.354 e. The van der Waals surface area contributed by atoms with Crippen LogP contribution in [0.1, 0.15) is 44.9 Å². The second-order valence-electron chi connectivity index (χ2n) is 6.12. The lowest BCUT2D eigenvalue weighted by Gasteiger charge is -2.25. The molecule has 6 nitrogen and oxygen atoms in total. The first-order chi connectivity index (χ1) is 9.97. The quantitative estimate of drug-likeness (QED) is 0.729. The summed E-state index contributed by atoms with van der Waals surface area (Å²) in [5.74, 6) is 0.0128. The van der Waals surface area contributed by atoms with Gasteiger partial charge in [0, 0.05) is 13.1 Å². The number of hydrogen-bond donors (Lipinski definition) is 2. The van der Waals surface area contributed by atoms with Crippen molar-refractivity contribution in [3.8, 4) is 6.07 Å². The van der Waals surface area contributed by atoms with Crippen LogP contribution >= 0.6 is 0 Å². The molecule has 0 aromatic rings. The summed E-state index contributed by atoms with van der Waals surface area (Å²) in [6, 6.07) is 2.10. The third-order valence-electron chi connectivity index (χ3n) is 4.58. The molecule has 2 aliphatic carbocycles. The molecular formula is C14H23N3O3S. The molecule has 0 unspecified atom stereocenters. The number of sulfonamides is 1. The van der Waals surface area contributed by atoms with E-state index in [-0.39, 0.29) is 18.2 Å². The van der Waals surface area contributed by atoms with Crippen LogP contribution in [0, 0.1) is 22.7 Å². The van der Waals surface area contributed by atoms with Gasteiger partial charge >= 0.3 is 0 Å². The highest BCUT2D eigenvalue weighted by Gasteiger charge is 2.41. The molecule has 0 heterocycles. The highest BCUT2D eigenvalue weighted by atomic mass is 32.2. The summed E-state index contributed by atoms with van der Waals surface area (Å²) in [6.07, 6.45) is 6.25. The lowest BCUT2D eigenvalue weighted by Crippen LogP contribution is -2.42. The van der Waals surface area contributed by atoms with Crippen LogP contribution in [0.3, 0.4) is 0 Å². The summed E-state index contributed by atoms with van der Waals surface area (Å²) in [6.45, 7) is 0.556. The monoisotopic (exact) mass is 313 g/mol. The number of amides is 1. The summed E-state index contributed by atoms with van der Waals surface area (Å²) < 4.78 is 26.2. The highest BCUT2D eigenvalue weighted by molar-refractivity contribution is 7.89. The van der Waals surface area contributed by atoms with Gasteiger partial charge in [-0.25, -0.2) is 13.1 Å². The number of nitrogens with zero attached hydrogens (tertiary/aromatic N) is 1. The van der Waals surface area contributed by atoms with E-state index in [2.05, 4.69) is 16.1 Å². The van der Waals surface area contributed by atoms with E-state index < -0.39 is 15.4 Å². The van der Waals surface area contributed by atoms with E-state index >= 15 is 0 Å². The van der Waals surface area contributed by atoms with Gasteiger partial charge in [0.15, 0.2) is 0 Å². The zero-order valence-corrected chi connectivity index (χ0v) is 13.0. The first-order valence-corrected chi connectivity index (χ1v) is 9.30. The molecule has 2 rings (SSSR count). The largest absolute Gasteiger partial charge is 0.354 e. The molecule has 2 N–H and O–H groups in total. The third kappa shape index (κ3) is 4.17. The van der Waals surface area contributed by atoms with Crippen molar-refractivity contribution in [2.75, 3.05) is 18.8 Å². The summed E-state index contributed by atoms with van der Waals surface area (Å²) in [7, 11) is -3.35. The smallest absolute Gasteiger partial charge is 0.240 e. The zero-order chi connectivity index (χ0) is 15.3. The van der Waals surface area contributed by atoms with Crippen molar-refractivity contribution in [1.82, 2.24) is 10.0 Å². The summed E-state index contributed by atoms with van der Waals surface area (Å²) in [4.78, 5) is 12.1. The van der Waals surface area contributed by atoms with Crippen molar-refractivity contribution >= 4 is 15.9 Å². The Balaban J connectivity index is 1.72. The van der Waals surface area contributed by atoms with Crippen LogP contribution in [0.25, 0.3) is 0 Å². The molecule has 0 saturated heterocycles. The fourth-order valence-corrected chi connectivity index (χ4v) is 3.85. The van der Waals surface area contributed by atoms with Gasteiger partial charge in [0.2, 0.25) is 15.9 Å². The van der Waals surface area contributed by atoms with E-state index in [9.17, 15) is 18.5 Å². The van der Waals surface area contributed by atoms with Crippen molar-refractivity contribution in [3.05, 3.63) is 0 Å². The molecule has 1 amide bonds. The standard InChI is InChI=1S/C14H23N3O3S/c15-11-14(6-1-2-7-14)13(18)16-8-9-21(19,20)17-10-12-4-3-5-12/h12,17H,1-10H2,(H,16,18). The SMILES string of the molecule is N#CC1(C(=O)NCCS(=O)(=O)NCC2CCC2)CCCC1. The summed E-state index contributed by atoms with van der Waals surface area (Å²) in [5, 5.41) is 11.8. The minimum atomic E-state index is -3.35. The molecular weight excluding hydrogens is 290 g/mol. The molecule has 7 heteroatoms. The maximum atomic E-state index is 12.1. The maximum Gasteiger partial charge on any atom is 0.240 e. The van der Waals surface area contributed by atoms with Crippen LogP contribution < -0.4 is 10.0 Å². The van der Waals surface area contributed by atoms with E-state index in [1.54, 1.807) is 0 Å². The van der Waals surface area contributed by atoms with Crippen molar-refractivity contribution in [3.63, 3.8) is 0 Å². The molecule has 0 spiro atoms. The lowest BCUT2D eigenvalue weighted by molar-refractivity contribution is -0.127. The van der Waals surface area contributed by atoms with Crippen LogP contribution in [0.4, 0.5) is 0 Å². The molecule has 0 bridgehead atoms. The number of carbonyl (C=O) groups is 1. The molecule has 2 aliphatic rings. The maximum absolute atomic E-state index is 12.1. The van der Waals surface area contributed by atoms with Gasteiger partial charge in [0.25, 0.3) is 0 Å². The normalized spacial score (nSPS) is 21.5. The minimum absolute atomic E-state index is 0.0578. The topological polar surface area (TPSA) is 99.1 Å². The molecule has 0 aromatic heterocycles. The number of nitriles is 1. The van der Waals surface area contributed by atoms with Crippen LogP contribution in [0.15, 0.2) is 0 Å². The molecule has 0 aromatic carbocycles. The van der Waals surface area contributed by atoms with Gasteiger partial charge in [0.05, 0.1) is 11.8 Å². The predicted molar refractivity (Wildman–Crippen MR) is 78.7 cm³/mol. The van der Waals surface area contributed by atoms with Crippen LogP contribution in [-0.4, -0.2) is 33.2 Å². The van der Waals surface area contributed by atoms with Gasteiger partial charge in [0.1, 0.15) is 5.41 Å². The predicted octanol–water partition coefficient (Wildman–Crippen LogP) is 0.906. The van der Waals surface area contributed by atoms with E-state index in [1.807, 2.05) is 0 Å². The van der Waals surface area contributed by atoms with Gasteiger partial charge < -0.3 is 5.32 Å². The van der Waals surface area contributed by atoms with Crippen molar-refractivity contribution in [1.29, 1.82) is 5.26 Å². The van der Waals surface area contributed by atoms with Crippen LogP contribution in [-0.2, 0) is 14.8 Å². The van der Waals surface area contributed by atoms with Crippen molar-refractivity contribution in [2.24, 2.45) is 11.3 Å². The molecule has 21 heavy (non-hydrogen) atoms. The Morgan fingerprint density at radius 3 is 2.43 bits per heavy atom. The Kier molecular flexibility index (Phi) is 5.22. The lowest BCUT2D eigenvalue weighted by atomic mass is 9.86. The molecule has 118 valence electrons. The fourth-order valence-electron chi connectivity index (χ4n) is 2.85. The van der Waals surface area contributed by atoms with E-state index in [4.69, 9.17) is 0 Å². The Morgan fingerprint density at radius 1 is 1.24 bits per heavy atom. The van der Waals surface area contributed by atoms with Gasteiger partial charge in [-0.15, -0.1) is 0 Å². The molecule has 2 saturated carbocycles. The molecule has 0 aliphatic heterocycles. The van der Waals surface area contributed by atoms with Gasteiger partial charge in [-0.3, -0.25) is 4.79 Å². The van der Waals surface area contributed by atoms with Gasteiger partial charge in [-0.2, -0.15) is 5.26 Å². The number of hydrogen-bond acceptors (Lipinski definition) is 4. The van der Waals surface area contributed by atoms with E-state index in [1.165, 1.54) is 6.42 Å². The van der Waals surface area contributed by atoms with E-state index in [0.29, 0.717) is 25.3 Å². The average molecular weight is 313 g/mol. The zero-order valence-electron chi connectivity index (χ0n) is 12.2. The molecule has 0 atom stereocenters. The second kappa shape index (κ2) is 6.75. The Bertz CT molecular complexity index is 514. The Labute approximate surface area is 126 Å². The van der Waals surface area contributed by atoms with Crippen LogP contribution in [0.2, 0.25) is 0 Å². The first-order valence-electron chi connectivity index (χ1n) is 7.64. The highest BCUT2D eigenvalue weighted by Crippen LogP contribution is 2.37. The van der Waals surface area contributed by atoms with Crippen LogP contribution in [0.5, 0.6) is 0 Å².